The third-order valence-corrected chi connectivity index (χ3v) is 6.27. The minimum atomic E-state index is -1.21. The molecular formula is C28H36N4O5S. The quantitative estimate of drug-likeness (QED) is 0.373. The number of alkyl carbamates (subject to hydrolysis) is 1. The molecule has 0 bridgehead atoms. The molecule has 2 rings (SSSR count). The van der Waals surface area contributed by atoms with Gasteiger partial charge in [-0.1, -0.05) is 24.3 Å². The molecule has 0 radical (unpaired) electrons. The molecule has 0 saturated heterocycles. The van der Waals surface area contributed by atoms with E-state index in [1.165, 1.54) is 17.8 Å². The van der Waals surface area contributed by atoms with Gasteiger partial charge >= 0.3 is 6.09 Å². The van der Waals surface area contributed by atoms with E-state index in [2.05, 4.69) is 10.6 Å². The summed E-state index contributed by atoms with van der Waals surface area (Å²) in [5, 5.41) is 25.2. The Balaban J connectivity index is 2.53. The summed E-state index contributed by atoms with van der Waals surface area (Å²) >= 11 is 1.50. The second kappa shape index (κ2) is 13.7. The Morgan fingerprint density at radius 2 is 1.82 bits per heavy atom. The van der Waals surface area contributed by atoms with Gasteiger partial charge in [0.1, 0.15) is 30.0 Å². The van der Waals surface area contributed by atoms with Crippen LogP contribution in [0.25, 0.3) is 0 Å². The fraction of sp³-hybridized carbons (Fsp3) is 0.429. The number of para-hydroxylation sites is 1. The topological polar surface area (TPSA) is 132 Å². The predicted molar refractivity (Wildman–Crippen MR) is 149 cm³/mol. The van der Waals surface area contributed by atoms with Crippen molar-refractivity contribution in [2.45, 2.75) is 58.7 Å². The second-order valence-electron chi connectivity index (χ2n) is 9.86. The van der Waals surface area contributed by atoms with Crippen LogP contribution in [0.2, 0.25) is 0 Å². The first-order valence-electron chi connectivity index (χ1n) is 12.2. The number of nitrogens with one attached hydrogen (secondary N) is 2. The fourth-order valence-electron chi connectivity index (χ4n) is 3.75. The van der Waals surface area contributed by atoms with Crippen LogP contribution in [0.3, 0.4) is 0 Å². The Hall–Kier alpha value is -3.71. The summed E-state index contributed by atoms with van der Waals surface area (Å²) in [7, 11) is 0. The van der Waals surface area contributed by atoms with Crippen LogP contribution in [-0.2, 0) is 14.3 Å². The zero-order chi connectivity index (χ0) is 28.5. The summed E-state index contributed by atoms with van der Waals surface area (Å²) < 4.78 is 5.35. The maximum absolute atomic E-state index is 13.9. The predicted octanol–water partition coefficient (Wildman–Crippen LogP) is 4.69. The van der Waals surface area contributed by atoms with E-state index in [1.807, 2.05) is 31.4 Å². The molecule has 0 spiro atoms. The Kier molecular flexibility index (Phi) is 11.0. The number of benzene rings is 2. The van der Waals surface area contributed by atoms with Gasteiger partial charge in [0.25, 0.3) is 5.91 Å². The van der Waals surface area contributed by atoms with Gasteiger partial charge in [-0.2, -0.15) is 17.0 Å². The fourth-order valence-corrected chi connectivity index (χ4v) is 4.22. The second-order valence-corrected chi connectivity index (χ2v) is 10.8. The molecule has 0 saturated carbocycles. The van der Waals surface area contributed by atoms with E-state index >= 15 is 0 Å². The molecule has 10 heteroatoms. The van der Waals surface area contributed by atoms with Crippen LogP contribution in [-0.4, -0.2) is 58.1 Å². The number of thioether (sulfide) groups is 1. The lowest BCUT2D eigenvalue weighted by molar-refractivity contribution is -0.140. The lowest BCUT2D eigenvalue weighted by Gasteiger charge is -2.33. The van der Waals surface area contributed by atoms with Crippen molar-refractivity contribution in [3.05, 3.63) is 59.2 Å². The maximum Gasteiger partial charge on any atom is 0.408 e. The minimum absolute atomic E-state index is 0.0365. The summed E-state index contributed by atoms with van der Waals surface area (Å²) in [5.41, 5.74) is 1.53. The highest BCUT2D eigenvalue weighted by atomic mass is 32.2. The number of hydrogen-bond donors (Lipinski definition) is 3. The SMILES string of the molecule is CSCCC(NC(=O)OC(C)(C)C)C(=O)N(CC#N)C(C(=O)Nc1ccccc1C)c1ccc(O)c(C)c1. The van der Waals surface area contributed by atoms with E-state index in [0.29, 0.717) is 22.6 Å². The number of hydrogen-bond acceptors (Lipinski definition) is 7. The van der Waals surface area contributed by atoms with Crippen LogP contribution < -0.4 is 10.6 Å². The molecule has 0 aliphatic heterocycles. The van der Waals surface area contributed by atoms with E-state index in [-0.39, 0.29) is 12.2 Å². The number of carbonyl (C=O) groups excluding carboxylic acids is 3. The van der Waals surface area contributed by atoms with Gasteiger partial charge in [-0.15, -0.1) is 0 Å². The monoisotopic (exact) mass is 540 g/mol. The third kappa shape index (κ3) is 8.70. The summed E-state index contributed by atoms with van der Waals surface area (Å²) in [6.07, 6.45) is 1.37. The Labute approximate surface area is 228 Å². The number of aryl methyl sites for hydroxylation is 2. The van der Waals surface area contributed by atoms with E-state index in [1.54, 1.807) is 52.0 Å². The number of amides is 3. The average molecular weight is 541 g/mol. The summed E-state index contributed by atoms with van der Waals surface area (Å²) in [4.78, 5) is 41.4. The highest BCUT2D eigenvalue weighted by molar-refractivity contribution is 7.98. The maximum atomic E-state index is 13.9. The summed E-state index contributed by atoms with van der Waals surface area (Å²) in [5.74, 6) is -0.546. The van der Waals surface area contributed by atoms with Gasteiger partial charge in [0.05, 0.1) is 6.07 Å². The van der Waals surface area contributed by atoms with Gasteiger partial charge in [-0.05, 0) is 87.9 Å². The van der Waals surface area contributed by atoms with Crippen LogP contribution in [0.1, 0.15) is 49.9 Å². The van der Waals surface area contributed by atoms with Crippen molar-refractivity contribution in [2.75, 3.05) is 23.9 Å². The van der Waals surface area contributed by atoms with Crippen molar-refractivity contribution in [3.8, 4) is 11.8 Å². The molecule has 2 atom stereocenters. The van der Waals surface area contributed by atoms with Gasteiger partial charge in [0, 0.05) is 5.69 Å². The zero-order valence-corrected chi connectivity index (χ0v) is 23.5. The van der Waals surface area contributed by atoms with E-state index in [4.69, 9.17) is 4.74 Å². The number of nitriles is 1. The molecule has 0 aromatic heterocycles. The normalized spacial score (nSPS) is 12.6. The first-order valence-corrected chi connectivity index (χ1v) is 13.6. The van der Waals surface area contributed by atoms with E-state index in [0.717, 1.165) is 10.5 Å². The lowest BCUT2D eigenvalue weighted by Crippen LogP contribution is -2.52. The van der Waals surface area contributed by atoms with Crippen molar-refractivity contribution >= 4 is 35.4 Å². The van der Waals surface area contributed by atoms with Crippen LogP contribution >= 0.6 is 11.8 Å². The van der Waals surface area contributed by atoms with Gasteiger partial charge in [-0.3, -0.25) is 9.59 Å². The van der Waals surface area contributed by atoms with Crippen molar-refractivity contribution in [1.82, 2.24) is 10.2 Å². The number of rotatable bonds is 10. The molecule has 3 N–H and O–H groups in total. The molecule has 0 heterocycles. The van der Waals surface area contributed by atoms with Crippen LogP contribution in [0.5, 0.6) is 5.75 Å². The van der Waals surface area contributed by atoms with Gasteiger partial charge < -0.3 is 25.4 Å². The molecular weight excluding hydrogens is 504 g/mol. The van der Waals surface area contributed by atoms with Crippen LogP contribution in [0.15, 0.2) is 42.5 Å². The molecule has 0 fully saturated rings. The molecule has 38 heavy (non-hydrogen) atoms. The first-order chi connectivity index (χ1) is 17.9. The number of nitrogens with zero attached hydrogens (tertiary/aromatic N) is 2. The Morgan fingerprint density at radius 1 is 1.13 bits per heavy atom. The third-order valence-electron chi connectivity index (χ3n) is 5.62. The van der Waals surface area contributed by atoms with E-state index in [9.17, 15) is 24.8 Å². The number of aromatic hydroxyl groups is 1. The number of anilines is 1. The molecule has 2 unspecified atom stereocenters. The van der Waals surface area contributed by atoms with Gasteiger partial charge in [-0.25, -0.2) is 4.79 Å². The number of carbonyl (C=O) groups is 3. The van der Waals surface area contributed by atoms with Crippen molar-refractivity contribution in [1.29, 1.82) is 5.26 Å². The van der Waals surface area contributed by atoms with Gasteiger partial charge in [0.2, 0.25) is 5.91 Å². The minimum Gasteiger partial charge on any atom is -0.508 e. The Bertz CT molecular complexity index is 1190. The molecule has 0 aliphatic rings. The van der Waals surface area contributed by atoms with E-state index < -0.39 is 42.1 Å². The molecule has 3 amide bonds. The summed E-state index contributed by atoms with van der Waals surface area (Å²) in [6, 6.07) is 11.5. The standard InChI is InChI=1S/C28H36N4O5S/c1-18-9-7-8-10-21(18)30-25(34)24(20-11-12-23(33)19(2)17-20)32(15-14-29)26(35)22(13-16-38-6)31-27(36)37-28(3,4)5/h7-12,17,22,24,33H,13,15-16H2,1-6H3,(H,30,34)(H,31,36). The highest BCUT2D eigenvalue weighted by Crippen LogP contribution is 2.29. The van der Waals surface area contributed by atoms with Crippen LogP contribution in [0, 0.1) is 25.2 Å². The number of phenolic OH excluding ortho intramolecular Hbond substituents is 1. The smallest absolute Gasteiger partial charge is 0.408 e. The largest absolute Gasteiger partial charge is 0.508 e. The summed E-state index contributed by atoms with van der Waals surface area (Å²) in [6.45, 7) is 8.26. The lowest BCUT2D eigenvalue weighted by atomic mass is 9.99. The van der Waals surface area contributed by atoms with Crippen LogP contribution in [0.4, 0.5) is 10.5 Å². The number of ether oxygens (including phenoxy) is 1. The Morgan fingerprint density at radius 3 is 2.39 bits per heavy atom. The zero-order valence-electron chi connectivity index (χ0n) is 22.7. The molecule has 204 valence electrons. The molecule has 0 aliphatic carbocycles. The van der Waals surface area contributed by atoms with Gasteiger partial charge in [0.15, 0.2) is 0 Å². The van der Waals surface area contributed by atoms with Crippen molar-refractivity contribution in [3.63, 3.8) is 0 Å². The molecule has 2 aromatic rings. The highest BCUT2D eigenvalue weighted by Gasteiger charge is 2.36. The van der Waals surface area contributed by atoms with Crippen molar-refractivity contribution in [2.24, 2.45) is 0 Å². The first kappa shape index (κ1) is 30.5. The molecule has 2 aromatic carbocycles. The average Bonchev–Trinajstić information content (AvgIpc) is 2.83. The van der Waals surface area contributed by atoms with Crippen molar-refractivity contribution < 1.29 is 24.2 Å². The molecule has 9 nitrogen and oxygen atoms in total. The number of phenols is 1.